The Kier molecular flexibility index (Phi) is 4.70. The molecule has 1 amide bonds. The van der Waals surface area contributed by atoms with Crippen molar-refractivity contribution < 1.29 is 4.79 Å². The summed E-state index contributed by atoms with van der Waals surface area (Å²) in [5.41, 5.74) is 2.23. The Balaban J connectivity index is 1.85. The van der Waals surface area contributed by atoms with Crippen LogP contribution in [0.5, 0.6) is 0 Å². The van der Waals surface area contributed by atoms with Crippen LogP contribution in [0.2, 0.25) is 0 Å². The van der Waals surface area contributed by atoms with Gasteiger partial charge < -0.3 is 4.57 Å². The van der Waals surface area contributed by atoms with Crippen LogP contribution in [0.1, 0.15) is 23.2 Å². The number of hydrogen-bond donors (Lipinski definition) is 1. The molecular weight excluding hydrogens is 320 g/mol. The molecule has 0 aliphatic heterocycles. The number of hydrogen-bond acceptors (Lipinski definition) is 4. The van der Waals surface area contributed by atoms with Crippen molar-refractivity contribution in [3.63, 3.8) is 0 Å². The number of halogens is 1. The van der Waals surface area contributed by atoms with Crippen LogP contribution in [0.25, 0.3) is 11.0 Å². The summed E-state index contributed by atoms with van der Waals surface area (Å²) in [4.78, 5) is 20.8. The Labute approximate surface area is 137 Å². The molecule has 3 aromatic rings. The lowest BCUT2D eigenvalue weighted by Gasteiger charge is -2.05. The molecule has 22 heavy (non-hydrogen) atoms. The summed E-state index contributed by atoms with van der Waals surface area (Å²) in [7, 11) is 0. The van der Waals surface area contributed by atoms with Crippen LogP contribution in [0.15, 0.2) is 36.1 Å². The molecule has 2 heterocycles. The lowest BCUT2D eigenvalue weighted by Crippen LogP contribution is -2.12. The first kappa shape index (κ1) is 15.0. The molecule has 2 aromatic heterocycles. The van der Waals surface area contributed by atoms with Gasteiger partial charge in [-0.15, -0.1) is 22.9 Å². The Morgan fingerprint density at radius 3 is 3.00 bits per heavy atom. The normalized spacial score (nSPS) is 11.0. The van der Waals surface area contributed by atoms with E-state index in [1.807, 2.05) is 17.5 Å². The monoisotopic (exact) mass is 334 g/mol. The molecule has 0 spiro atoms. The third-order valence-electron chi connectivity index (χ3n) is 3.33. The molecule has 0 atom stereocenters. The van der Waals surface area contributed by atoms with Gasteiger partial charge in [-0.25, -0.2) is 9.97 Å². The number of fused-ring (bicyclic) bond motifs is 1. The van der Waals surface area contributed by atoms with Gasteiger partial charge in [0.25, 0.3) is 5.91 Å². The maximum absolute atomic E-state index is 12.4. The number of thiazole rings is 1. The van der Waals surface area contributed by atoms with Gasteiger partial charge in [0.1, 0.15) is 5.52 Å². The largest absolute Gasteiger partial charge is 0.331 e. The molecule has 114 valence electrons. The maximum atomic E-state index is 12.4. The van der Waals surface area contributed by atoms with Crippen LogP contribution in [0, 0.1) is 0 Å². The topological polar surface area (TPSA) is 59.8 Å². The van der Waals surface area contributed by atoms with E-state index in [4.69, 9.17) is 11.6 Å². The lowest BCUT2D eigenvalue weighted by molar-refractivity contribution is 0.102. The fourth-order valence-electron chi connectivity index (χ4n) is 2.28. The molecule has 0 aliphatic rings. The number of nitrogens with one attached hydrogen (secondary N) is 1. The number of rotatable bonds is 6. The Morgan fingerprint density at radius 2 is 2.23 bits per heavy atom. The molecule has 0 radical (unpaired) electrons. The molecule has 0 unspecified atom stereocenters. The van der Waals surface area contributed by atoms with E-state index in [2.05, 4.69) is 19.9 Å². The van der Waals surface area contributed by atoms with Crippen molar-refractivity contribution in [1.82, 2.24) is 14.5 Å². The Hall–Kier alpha value is -1.92. The molecular formula is C15H15ClN4OS. The summed E-state index contributed by atoms with van der Waals surface area (Å²) >= 11 is 7.10. The van der Waals surface area contributed by atoms with Crippen molar-refractivity contribution in [1.29, 1.82) is 0 Å². The van der Waals surface area contributed by atoms with Crippen molar-refractivity contribution in [2.45, 2.75) is 19.4 Å². The third kappa shape index (κ3) is 3.13. The second kappa shape index (κ2) is 6.89. The molecule has 5 nitrogen and oxygen atoms in total. The summed E-state index contributed by atoms with van der Waals surface area (Å²) < 4.78 is 2.06. The number of benzene rings is 1. The van der Waals surface area contributed by atoms with E-state index < -0.39 is 0 Å². The highest BCUT2D eigenvalue weighted by Crippen LogP contribution is 2.20. The van der Waals surface area contributed by atoms with Crippen LogP contribution in [-0.2, 0) is 6.54 Å². The standard InChI is InChI=1S/C15H15ClN4OS/c16-6-1-2-8-20-10-18-13-11(4-3-5-12(13)20)14(21)19-15-17-7-9-22-15/h3-5,7,9-10H,1-2,6,8H2,(H,17,19,21). The van der Waals surface area contributed by atoms with E-state index in [9.17, 15) is 4.79 Å². The van der Waals surface area contributed by atoms with E-state index in [-0.39, 0.29) is 5.91 Å². The zero-order valence-corrected chi connectivity index (χ0v) is 13.4. The summed E-state index contributed by atoms with van der Waals surface area (Å²) in [5, 5.41) is 5.20. The van der Waals surface area contributed by atoms with Crippen molar-refractivity contribution in [3.05, 3.63) is 41.7 Å². The van der Waals surface area contributed by atoms with E-state index in [1.165, 1.54) is 11.3 Å². The molecule has 0 fully saturated rings. The quantitative estimate of drug-likeness (QED) is 0.551. The first-order chi connectivity index (χ1) is 10.8. The first-order valence-corrected chi connectivity index (χ1v) is 8.41. The van der Waals surface area contributed by atoms with Crippen LogP contribution in [0.4, 0.5) is 5.13 Å². The number of unbranched alkanes of at least 4 members (excludes halogenated alkanes) is 1. The predicted molar refractivity (Wildman–Crippen MR) is 89.8 cm³/mol. The van der Waals surface area contributed by atoms with Gasteiger partial charge in [0.2, 0.25) is 0 Å². The zero-order valence-electron chi connectivity index (χ0n) is 11.8. The lowest BCUT2D eigenvalue weighted by atomic mass is 10.1. The number of aromatic nitrogens is 3. The van der Waals surface area contributed by atoms with Gasteiger partial charge in [-0.2, -0.15) is 0 Å². The third-order valence-corrected chi connectivity index (χ3v) is 4.29. The van der Waals surface area contributed by atoms with Gasteiger partial charge in [-0.05, 0) is 25.0 Å². The molecule has 0 saturated carbocycles. The fraction of sp³-hybridized carbons (Fsp3) is 0.267. The van der Waals surface area contributed by atoms with Crippen molar-refractivity contribution in [2.75, 3.05) is 11.2 Å². The number of carbonyl (C=O) groups is 1. The Morgan fingerprint density at radius 1 is 1.32 bits per heavy atom. The number of amides is 1. The predicted octanol–water partition coefficient (Wildman–Crippen LogP) is 3.76. The summed E-state index contributed by atoms with van der Waals surface area (Å²) in [5.74, 6) is 0.472. The van der Waals surface area contributed by atoms with Gasteiger partial charge in [-0.1, -0.05) is 6.07 Å². The van der Waals surface area contributed by atoms with Gasteiger partial charge in [0.05, 0.1) is 17.4 Å². The number of para-hydroxylation sites is 1. The molecule has 0 saturated heterocycles. The van der Waals surface area contributed by atoms with Crippen molar-refractivity contribution >= 4 is 45.0 Å². The average Bonchev–Trinajstić information content (AvgIpc) is 3.17. The molecule has 0 bridgehead atoms. The number of anilines is 1. The molecule has 1 aromatic carbocycles. The van der Waals surface area contributed by atoms with Crippen LogP contribution in [-0.4, -0.2) is 26.3 Å². The second-order valence-corrected chi connectivity index (χ2v) is 6.07. The van der Waals surface area contributed by atoms with Gasteiger partial charge >= 0.3 is 0 Å². The van der Waals surface area contributed by atoms with Crippen LogP contribution in [0.3, 0.4) is 0 Å². The van der Waals surface area contributed by atoms with E-state index >= 15 is 0 Å². The van der Waals surface area contributed by atoms with Gasteiger partial charge in [0, 0.05) is 24.0 Å². The molecule has 1 N–H and O–H groups in total. The first-order valence-electron chi connectivity index (χ1n) is 7.00. The summed E-state index contributed by atoms with van der Waals surface area (Å²) in [6.07, 6.45) is 5.39. The minimum atomic E-state index is -0.188. The summed E-state index contributed by atoms with van der Waals surface area (Å²) in [6.45, 7) is 0.848. The zero-order chi connectivity index (χ0) is 15.4. The Bertz CT molecular complexity index is 769. The highest BCUT2D eigenvalue weighted by atomic mass is 35.5. The minimum absolute atomic E-state index is 0.188. The minimum Gasteiger partial charge on any atom is -0.331 e. The van der Waals surface area contributed by atoms with E-state index in [1.54, 1.807) is 18.6 Å². The smallest absolute Gasteiger partial charge is 0.259 e. The number of nitrogens with zero attached hydrogens (tertiary/aromatic N) is 3. The molecule has 0 aliphatic carbocycles. The number of aryl methyl sites for hydroxylation is 1. The van der Waals surface area contributed by atoms with Crippen molar-refractivity contribution in [2.24, 2.45) is 0 Å². The highest BCUT2D eigenvalue weighted by molar-refractivity contribution is 7.13. The fourth-order valence-corrected chi connectivity index (χ4v) is 2.99. The highest BCUT2D eigenvalue weighted by Gasteiger charge is 2.14. The summed E-state index contributed by atoms with van der Waals surface area (Å²) in [6, 6.07) is 5.63. The van der Waals surface area contributed by atoms with Crippen LogP contribution < -0.4 is 5.32 Å². The number of imidazole rings is 1. The van der Waals surface area contributed by atoms with Crippen LogP contribution >= 0.6 is 22.9 Å². The van der Waals surface area contributed by atoms with Crippen molar-refractivity contribution in [3.8, 4) is 0 Å². The van der Waals surface area contributed by atoms with E-state index in [0.29, 0.717) is 22.1 Å². The maximum Gasteiger partial charge on any atom is 0.259 e. The SMILES string of the molecule is O=C(Nc1nccs1)c1cccc2c1ncn2CCCCCl. The second-order valence-electron chi connectivity index (χ2n) is 4.80. The number of alkyl halides is 1. The molecule has 3 rings (SSSR count). The number of carbonyl (C=O) groups excluding carboxylic acids is 1. The molecule has 7 heteroatoms. The average molecular weight is 335 g/mol. The van der Waals surface area contributed by atoms with Gasteiger partial charge in [0.15, 0.2) is 5.13 Å². The van der Waals surface area contributed by atoms with Gasteiger partial charge in [-0.3, -0.25) is 10.1 Å². The van der Waals surface area contributed by atoms with E-state index in [0.717, 1.165) is 24.9 Å².